The zero-order chi connectivity index (χ0) is 22.9. The zero-order valence-electron chi connectivity index (χ0n) is 18.6. The fourth-order valence-corrected chi connectivity index (χ4v) is 4.26. The molecule has 166 valence electrons. The van der Waals surface area contributed by atoms with Gasteiger partial charge < -0.3 is 20.1 Å². The minimum absolute atomic E-state index is 0.193. The van der Waals surface area contributed by atoms with E-state index in [1.165, 1.54) is 0 Å². The number of amides is 1. The number of carbonyl (C=O) groups excluding carboxylic acids is 1. The first-order chi connectivity index (χ1) is 16.1. The van der Waals surface area contributed by atoms with Crippen molar-refractivity contribution in [2.45, 2.75) is 13.0 Å². The summed E-state index contributed by atoms with van der Waals surface area (Å²) in [6.45, 7) is 1.90. The summed E-state index contributed by atoms with van der Waals surface area (Å²) in [6, 6.07) is 22.6. The maximum Gasteiger partial charge on any atom is 0.255 e. The van der Waals surface area contributed by atoms with E-state index in [1.807, 2.05) is 79.7 Å². The van der Waals surface area contributed by atoms with Crippen LogP contribution in [0.4, 0.5) is 11.6 Å². The summed E-state index contributed by atoms with van der Waals surface area (Å²) in [5, 5.41) is 6.37. The molecule has 0 unspecified atom stereocenters. The van der Waals surface area contributed by atoms with E-state index in [0.29, 0.717) is 17.2 Å². The first kappa shape index (κ1) is 20.6. The minimum atomic E-state index is -0.387. The van der Waals surface area contributed by atoms with Gasteiger partial charge in [0.1, 0.15) is 11.5 Å². The lowest BCUT2D eigenvalue weighted by atomic mass is 9.94. The normalized spacial score (nSPS) is 15.1. The van der Waals surface area contributed by atoms with Gasteiger partial charge >= 0.3 is 0 Å². The lowest BCUT2D eigenvalue weighted by Gasteiger charge is -2.31. The molecule has 1 aliphatic rings. The average molecular weight is 441 g/mol. The number of fused-ring (bicyclic) bond motifs is 3. The second-order valence-electron chi connectivity index (χ2n) is 7.82. The first-order valence-electron chi connectivity index (χ1n) is 10.6. The van der Waals surface area contributed by atoms with Crippen molar-refractivity contribution in [3.8, 4) is 11.5 Å². The Bertz CT molecular complexity index is 1370. The molecule has 0 spiro atoms. The number of ether oxygens (including phenoxy) is 2. The van der Waals surface area contributed by atoms with E-state index >= 15 is 0 Å². The third kappa shape index (κ3) is 3.67. The number of nitrogens with zero attached hydrogens (tertiary/aromatic N) is 2. The Balaban J connectivity index is 1.63. The molecule has 0 aliphatic carbocycles. The van der Waals surface area contributed by atoms with Crippen LogP contribution in [0.3, 0.4) is 0 Å². The number of nitrogens with one attached hydrogen (secondary N) is 2. The molecule has 1 amide bonds. The molecule has 0 saturated carbocycles. The third-order valence-corrected chi connectivity index (χ3v) is 5.83. The van der Waals surface area contributed by atoms with Crippen LogP contribution in [0.1, 0.15) is 18.5 Å². The Labute approximate surface area is 191 Å². The summed E-state index contributed by atoms with van der Waals surface area (Å²) in [4.78, 5) is 18.4. The van der Waals surface area contributed by atoms with E-state index in [4.69, 9.17) is 14.5 Å². The van der Waals surface area contributed by atoms with Crippen molar-refractivity contribution in [1.29, 1.82) is 0 Å². The molecule has 0 saturated heterocycles. The average Bonchev–Trinajstić information content (AvgIpc) is 3.21. The summed E-state index contributed by atoms with van der Waals surface area (Å²) < 4.78 is 12.8. The topological polar surface area (TPSA) is 77.4 Å². The first-order valence-corrected chi connectivity index (χ1v) is 10.6. The fourth-order valence-electron chi connectivity index (χ4n) is 4.26. The lowest BCUT2D eigenvalue weighted by Crippen LogP contribution is -2.30. The smallest absolute Gasteiger partial charge is 0.255 e. The van der Waals surface area contributed by atoms with Gasteiger partial charge in [-0.15, -0.1) is 0 Å². The lowest BCUT2D eigenvalue weighted by molar-refractivity contribution is -0.113. The number of hydrogen-bond donors (Lipinski definition) is 2. The highest BCUT2D eigenvalue weighted by Gasteiger charge is 2.34. The van der Waals surface area contributed by atoms with E-state index in [-0.39, 0.29) is 11.9 Å². The number of imidazole rings is 1. The van der Waals surface area contributed by atoms with Gasteiger partial charge in [0.2, 0.25) is 5.95 Å². The molecule has 0 radical (unpaired) electrons. The molecule has 33 heavy (non-hydrogen) atoms. The van der Waals surface area contributed by atoms with Crippen LogP contribution < -0.4 is 20.1 Å². The monoisotopic (exact) mass is 440 g/mol. The second kappa shape index (κ2) is 8.35. The molecule has 1 atom stereocenters. The van der Waals surface area contributed by atoms with Crippen LogP contribution in [0.15, 0.2) is 84.1 Å². The van der Waals surface area contributed by atoms with Crippen molar-refractivity contribution in [2.75, 3.05) is 24.9 Å². The van der Waals surface area contributed by atoms with E-state index in [1.54, 1.807) is 14.2 Å². The van der Waals surface area contributed by atoms with Crippen molar-refractivity contribution < 1.29 is 14.3 Å². The van der Waals surface area contributed by atoms with Gasteiger partial charge in [0.15, 0.2) is 0 Å². The second-order valence-corrected chi connectivity index (χ2v) is 7.82. The van der Waals surface area contributed by atoms with Crippen molar-refractivity contribution in [1.82, 2.24) is 9.55 Å². The highest BCUT2D eigenvalue weighted by Crippen LogP contribution is 2.40. The maximum atomic E-state index is 13.6. The van der Waals surface area contributed by atoms with E-state index < -0.39 is 0 Å². The van der Waals surface area contributed by atoms with Crippen LogP contribution in [0.25, 0.3) is 11.0 Å². The van der Waals surface area contributed by atoms with Gasteiger partial charge in [-0.2, -0.15) is 0 Å². The highest BCUT2D eigenvalue weighted by atomic mass is 16.5. The van der Waals surface area contributed by atoms with Gasteiger partial charge in [-0.25, -0.2) is 4.98 Å². The fraction of sp³-hybridized carbons (Fsp3) is 0.154. The molecule has 7 nitrogen and oxygen atoms in total. The Kier molecular flexibility index (Phi) is 5.22. The van der Waals surface area contributed by atoms with E-state index in [2.05, 4.69) is 15.2 Å². The van der Waals surface area contributed by atoms with Crippen molar-refractivity contribution >= 4 is 28.6 Å². The maximum absolute atomic E-state index is 13.6. The molecule has 4 aromatic rings. The SMILES string of the molecule is COc1ccc(NC(=O)C2=C(C)Nc3nc4ccccc4n3[C@@H]2c2cccc(OC)c2)cc1. The molecule has 0 bridgehead atoms. The molecule has 3 aromatic carbocycles. The molecule has 2 N–H and O–H groups in total. The van der Waals surface area contributed by atoms with Gasteiger partial charge in [0, 0.05) is 11.4 Å². The van der Waals surface area contributed by atoms with Crippen LogP contribution in [0.2, 0.25) is 0 Å². The van der Waals surface area contributed by atoms with Gasteiger partial charge in [-0.05, 0) is 61.0 Å². The predicted octanol–water partition coefficient (Wildman–Crippen LogP) is 4.98. The molecule has 7 heteroatoms. The summed E-state index contributed by atoms with van der Waals surface area (Å²) in [7, 11) is 3.25. The zero-order valence-corrected chi connectivity index (χ0v) is 18.6. The number of hydrogen-bond acceptors (Lipinski definition) is 5. The largest absolute Gasteiger partial charge is 0.497 e. The van der Waals surface area contributed by atoms with Crippen LogP contribution >= 0.6 is 0 Å². The molecule has 1 aliphatic heterocycles. The summed E-state index contributed by atoms with van der Waals surface area (Å²) in [5.41, 5.74) is 4.77. The number of anilines is 2. The molecule has 1 aromatic heterocycles. The molecular weight excluding hydrogens is 416 g/mol. The van der Waals surface area contributed by atoms with Crippen LogP contribution in [-0.4, -0.2) is 29.7 Å². The van der Waals surface area contributed by atoms with Gasteiger partial charge in [-0.3, -0.25) is 9.36 Å². The number of benzene rings is 3. The van der Waals surface area contributed by atoms with Crippen molar-refractivity contribution in [3.63, 3.8) is 0 Å². The van der Waals surface area contributed by atoms with Gasteiger partial charge in [0.25, 0.3) is 5.91 Å². The number of carbonyl (C=O) groups is 1. The predicted molar refractivity (Wildman–Crippen MR) is 129 cm³/mol. The number of allylic oxidation sites excluding steroid dienone is 1. The number of rotatable bonds is 5. The standard InChI is InChI=1S/C26H24N4O3/c1-16-23(25(31)28-18-11-13-19(32-2)14-12-18)24(17-7-6-8-20(15-17)33-3)30-22-10-5-4-9-21(22)29-26(30)27-16/h4-15,24H,1-3H3,(H,27,29)(H,28,31)/t24-/m1/s1. The summed E-state index contributed by atoms with van der Waals surface area (Å²) in [6.07, 6.45) is 0. The number of aromatic nitrogens is 2. The Morgan fingerprint density at radius 1 is 0.970 bits per heavy atom. The Morgan fingerprint density at radius 2 is 1.73 bits per heavy atom. The Morgan fingerprint density at radius 3 is 2.48 bits per heavy atom. The number of para-hydroxylation sites is 2. The van der Waals surface area contributed by atoms with Gasteiger partial charge in [0.05, 0.1) is 36.9 Å². The minimum Gasteiger partial charge on any atom is -0.497 e. The quantitative estimate of drug-likeness (QED) is 0.458. The van der Waals surface area contributed by atoms with Crippen molar-refractivity contribution in [3.05, 3.63) is 89.6 Å². The molecular formula is C26H24N4O3. The Hall–Kier alpha value is -4.26. The molecule has 5 rings (SSSR count). The number of methoxy groups -OCH3 is 2. The molecule has 0 fully saturated rings. The van der Waals surface area contributed by atoms with Crippen LogP contribution in [-0.2, 0) is 4.79 Å². The van der Waals surface area contributed by atoms with E-state index in [9.17, 15) is 4.79 Å². The van der Waals surface area contributed by atoms with Gasteiger partial charge in [-0.1, -0.05) is 24.3 Å². The highest BCUT2D eigenvalue weighted by molar-refractivity contribution is 6.06. The van der Waals surface area contributed by atoms with E-state index in [0.717, 1.165) is 33.8 Å². The molecule has 2 heterocycles. The van der Waals surface area contributed by atoms with Crippen LogP contribution in [0.5, 0.6) is 11.5 Å². The summed E-state index contributed by atoms with van der Waals surface area (Å²) in [5.74, 6) is 1.96. The summed E-state index contributed by atoms with van der Waals surface area (Å²) >= 11 is 0. The van der Waals surface area contributed by atoms with Crippen molar-refractivity contribution in [2.24, 2.45) is 0 Å². The van der Waals surface area contributed by atoms with Crippen LogP contribution in [0, 0.1) is 0 Å². The third-order valence-electron chi connectivity index (χ3n) is 5.83.